The second-order valence-electron chi connectivity index (χ2n) is 2.91. The summed E-state index contributed by atoms with van der Waals surface area (Å²) in [7, 11) is 0. The highest BCUT2D eigenvalue weighted by Crippen LogP contribution is 2.25. The third-order valence-electron chi connectivity index (χ3n) is 2.01. The molecule has 1 aromatic heterocycles. The first kappa shape index (κ1) is 8.50. The number of carbonyl (C=O) groups excluding carboxylic acids is 1. The highest BCUT2D eigenvalue weighted by molar-refractivity contribution is 6.00. The lowest BCUT2D eigenvalue weighted by Crippen LogP contribution is -2.13. The summed E-state index contributed by atoms with van der Waals surface area (Å²) in [4.78, 5) is 14.6. The van der Waals surface area contributed by atoms with Crippen molar-refractivity contribution in [2.24, 2.45) is 5.73 Å². The Hall–Kier alpha value is -2.10. The molecular weight excluding hydrogens is 180 g/mol. The molecule has 0 atom stereocenters. The number of hydrogen-bond donors (Lipinski definition) is 2. The quantitative estimate of drug-likeness (QED) is 0.701. The third kappa shape index (κ3) is 1.17. The molecule has 4 nitrogen and oxygen atoms in total. The van der Waals surface area contributed by atoms with Gasteiger partial charge >= 0.3 is 0 Å². The van der Waals surface area contributed by atoms with Gasteiger partial charge in [0.1, 0.15) is 0 Å². The molecule has 0 saturated heterocycles. The molecular formula is C10H8N2O2. The number of primary amides is 1. The predicted molar refractivity (Wildman–Crippen MR) is 51.9 cm³/mol. The first-order valence-corrected chi connectivity index (χ1v) is 4.06. The molecule has 2 rings (SSSR count). The average molecular weight is 188 g/mol. The van der Waals surface area contributed by atoms with Crippen LogP contribution in [0.15, 0.2) is 30.5 Å². The zero-order valence-electron chi connectivity index (χ0n) is 7.27. The molecule has 0 bridgehead atoms. The number of aromatic hydroxyl groups is 1. The number of nitrogens with zero attached hydrogens (tertiary/aromatic N) is 1. The van der Waals surface area contributed by atoms with Crippen LogP contribution in [0.4, 0.5) is 0 Å². The Morgan fingerprint density at radius 1 is 1.36 bits per heavy atom. The molecule has 1 amide bonds. The maximum atomic E-state index is 10.9. The summed E-state index contributed by atoms with van der Waals surface area (Å²) in [6.45, 7) is 0. The van der Waals surface area contributed by atoms with Crippen LogP contribution >= 0.6 is 0 Å². The highest BCUT2D eigenvalue weighted by atomic mass is 16.3. The predicted octanol–water partition coefficient (Wildman–Crippen LogP) is 1.04. The van der Waals surface area contributed by atoms with Crippen molar-refractivity contribution >= 4 is 16.7 Å². The number of nitrogens with two attached hydrogens (primary N) is 1. The lowest BCUT2D eigenvalue weighted by molar-refractivity contribution is 0.0993. The Labute approximate surface area is 80.0 Å². The third-order valence-corrected chi connectivity index (χ3v) is 2.01. The SMILES string of the molecule is NC(=O)c1ncc2ccccc2c1O. The molecule has 1 heterocycles. The molecule has 0 aliphatic rings. The van der Waals surface area contributed by atoms with Crippen LogP contribution in [-0.4, -0.2) is 16.0 Å². The van der Waals surface area contributed by atoms with E-state index in [0.717, 1.165) is 5.39 Å². The zero-order valence-corrected chi connectivity index (χ0v) is 7.27. The minimum atomic E-state index is -0.728. The minimum Gasteiger partial charge on any atom is -0.505 e. The Balaban J connectivity index is 2.81. The fraction of sp³-hybridized carbons (Fsp3) is 0. The Bertz CT molecular complexity index is 508. The summed E-state index contributed by atoms with van der Waals surface area (Å²) in [5, 5.41) is 11.0. The molecule has 3 N–H and O–H groups in total. The smallest absolute Gasteiger partial charge is 0.271 e. The standard InChI is InChI=1S/C10H8N2O2/c11-10(14)8-9(13)7-4-2-1-3-6(7)5-12-8/h1-5,13H,(H2,11,14). The second kappa shape index (κ2) is 2.99. The van der Waals surface area contributed by atoms with Gasteiger partial charge in [-0.15, -0.1) is 0 Å². The van der Waals surface area contributed by atoms with Gasteiger partial charge in [-0.1, -0.05) is 24.3 Å². The van der Waals surface area contributed by atoms with Crippen molar-refractivity contribution < 1.29 is 9.90 Å². The van der Waals surface area contributed by atoms with Gasteiger partial charge < -0.3 is 10.8 Å². The molecule has 0 aliphatic carbocycles. The van der Waals surface area contributed by atoms with Gasteiger partial charge in [0.25, 0.3) is 5.91 Å². The lowest BCUT2D eigenvalue weighted by Gasteiger charge is -2.03. The second-order valence-corrected chi connectivity index (χ2v) is 2.91. The van der Waals surface area contributed by atoms with Crippen LogP contribution in [0.3, 0.4) is 0 Å². The summed E-state index contributed by atoms with van der Waals surface area (Å²) >= 11 is 0. The topological polar surface area (TPSA) is 76.2 Å². The van der Waals surface area contributed by atoms with E-state index in [1.54, 1.807) is 18.2 Å². The number of amides is 1. The summed E-state index contributed by atoms with van der Waals surface area (Å²) in [5.41, 5.74) is 4.95. The lowest BCUT2D eigenvalue weighted by atomic mass is 10.1. The normalized spacial score (nSPS) is 10.3. The van der Waals surface area contributed by atoms with Crippen LogP contribution in [0, 0.1) is 0 Å². The summed E-state index contributed by atoms with van der Waals surface area (Å²) in [6, 6.07) is 7.10. The van der Waals surface area contributed by atoms with Gasteiger partial charge in [0.2, 0.25) is 0 Å². The highest BCUT2D eigenvalue weighted by Gasteiger charge is 2.11. The fourth-order valence-corrected chi connectivity index (χ4v) is 1.33. The maximum absolute atomic E-state index is 10.9. The number of aromatic nitrogens is 1. The molecule has 0 aliphatic heterocycles. The Kier molecular flexibility index (Phi) is 1.81. The largest absolute Gasteiger partial charge is 0.505 e. The van der Waals surface area contributed by atoms with E-state index in [9.17, 15) is 9.90 Å². The maximum Gasteiger partial charge on any atom is 0.271 e. The van der Waals surface area contributed by atoms with E-state index < -0.39 is 5.91 Å². The van der Waals surface area contributed by atoms with Crippen molar-refractivity contribution in [3.8, 4) is 5.75 Å². The number of pyridine rings is 1. The van der Waals surface area contributed by atoms with Crippen LogP contribution in [0.2, 0.25) is 0 Å². The minimum absolute atomic E-state index is 0.0938. The van der Waals surface area contributed by atoms with E-state index in [-0.39, 0.29) is 11.4 Å². The van der Waals surface area contributed by atoms with Crippen molar-refractivity contribution in [3.05, 3.63) is 36.2 Å². The van der Waals surface area contributed by atoms with Gasteiger partial charge in [-0.25, -0.2) is 4.98 Å². The first-order chi connectivity index (χ1) is 6.70. The molecule has 2 aromatic rings. The van der Waals surface area contributed by atoms with Crippen LogP contribution < -0.4 is 5.73 Å². The Morgan fingerprint density at radius 2 is 2.07 bits per heavy atom. The first-order valence-electron chi connectivity index (χ1n) is 4.06. The van der Waals surface area contributed by atoms with Crippen LogP contribution in [0.25, 0.3) is 10.8 Å². The van der Waals surface area contributed by atoms with Crippen molar-refractivity contribution in [3.63, 3.8) is 0 Å². The number of fused-ring (bicyclic) bond motifs is 1. The van der Waals surface area contributed by atoms with Gasteiger partial charge in [-0.2, -0.15) is 0 Å². The summed E-state index contributed by atoms with van der Waals surface area (Å²) in [5.74, 6) is -0.885. The van der Waals surface area contributed by atoms with E-state index >= 15 is 0 Å². The molecule has 14 heavy (non-hydrogen) atoms. The van der Waals surface area contributed by atoms with E-state index in [1.165, 1.54) is 6.20 Å². The van der Waals surface area contributed by atoms with Crippen LogP contribution in [-0.2, 0) is 0 Å². The molecule has 1 aromatic carbocycles. The number of rotatable bonds is 1. The van der Waals surface area contributed by atoms with Gasteiger partial charge in [0, 0.05) is 17.0 Å². The van der Waals surface area contributed by atoms with Crippen LogP contribution in [0.5, 0.6) is 5.75 Å². The Morgan fingerprint density at radius 3 is 2.79 bits per heavy atom. The van der Waals surface area contributed by atoms with E-state index in [4.69, 9.17) is 5.73 Å². The van der Waals surface area contributed by atoms with Crippen molar-refractivity contribution in [2.45, 2.75) is 0 Å². The molecule has 0 spiro atoms. The summed E-state index contributed by atoms with van der Waals surface area (Å²) in [6.07, 6.45) is 1.51. The average Bonchev–Trinajstić information content (AvgIpc) is 2.18. The molecule has 0 saturated carbocycles. The molecule has 0 radical (unpaired) electrons. The van der Waals surface area contributed by atoms with Gasteiger partial charge in [0.05, 0.1) is 0 Å². The molecule has 70 valence electrons. The molecule has 0 unspecified atom stereocenters. The van der Waals surface area contributed by atoms with E-state index in [2.05, 4.69) is 4.98 Å². The number of carbonyl (C=O) groups is 1. The number of hydrogen-bond acceptors (Lipinski definition) is 3. The molecule has 4 heteroatoms. The van der Waals surface area contributed by atoms with Crippen molar-refractivity contribution in [1.82, 2.24) is 4.98 Å². The zero-order chi connectivity index (χ0) is 10.1. The van der Waals surface area contributed by atoms with Gasteiger partial charge in [-0.05, 0) is 0 Å². The van der Waals surface area contributed by atoms with Gasteiger partial charge in [-0.3, -0.25) is 4.79 Å². The van der Waals surface area contributed by atoms with Crippen molar-refractivity contribution in [2.75, 3.05) is 0 Å². The number of benzene rings is 1. The fourth-order valence-electron chi connectivity index (χ4n) is 1.33. The van der Waals surface area contributed by atoms with E-state index in [0.29, 0.717) is 5.39 Å². The van der Waals surface area contributed by atoms with E-state index in [1.807, 2.05) is 6.07 Å². The molecule has 0 fully saturated rings. The van der Waals surface area contributed by atoms with Gasteiger partial charge in [0.15, 0.2) is 11.4 Å². The van der Waals surface area contributed by atoms with Crippen LogP contribution in [0.1, 0.15) is 10.5 Å². The summed E-state index contributed by atoms with van der Waals surface area (Å²) < 4.78 is 0. The monoisotopic (exact) mass is 188 g/mol. The van der Waals surface area contributed by atoms with Crippen molar-refractivity contribution in [1.29, 1.82) is 0 Å².